The summed E-state index contributed by atoms with van der Waals surface area (Å²) in [4.78, 5) is 2.55. The molecule has 2 saturated heterocycles. The summed E-state index contributed by atoms with van der Waals surface area (Å²) in [5.41, 5.74) is 0. The van der Waals surface area contributed by atoms with E-state index in [1.54, 1.807) is 7.11 Å². The Kier molecular flexibility index (Phi) is 4.58. The molecular weight excluding hydrogens is 204 g/mol. The van der Waals surface area contributed by atoms with Crippen LogP contribution in [0.25, 0.3) is 0 Å². The minimum atomic E-state index is 0.259. The first-order valence-electron chi connectivity index (χ1n) is 6.44. The molecule has 2 heterocycles. The molecule has 2 rings (SSSR count). The van der Waals surface area contributed by atoms with Gasteiger partial charge < -0.3 is 14.8 Å². The van der Waals surface area contributed by atoms with Crippen LogP contribution in [0.4, 0.5) is 0 Å². The number of nitrogens with zero attached hydrogens (tertiary/aromatic N) is 1. The first kappa shape index (κ1) is 12.3. The molecule has 0 aliphatic carbocycles. The fourth-order valence-electron chi connectivity index (χ4n) is 2.84. The first-order chi connectivity index (χ1) is 7.85. The maximum atomic E-state index is 5.75. The van der Waals surface area contributed by atoms with E-state index in [1.807, 2.05) is 0 Å². The van der Waals surface area contributed by atoms with Crippen molar-refractivity contribution in [1.82, 2.24) is 10.2 Å². The Bertz CT molecular complexity index is 207. The molecule has 2 aliphatic rings. The highest BCUT2D eigenvalue weighted by Gasteiger charge is 2.36. The summed E-state index contributed by atoms with van der Waals surface area (Å²) in [6.07, 6.45) is 3.05. The monoisotopic (exact) mass is 228 g/mol. The lowest BCUT2D eigenvalue weighted by atomic mass is 10.1. The summed E-state index contributed by atoms with van der Waals surface area (Å²) < 4.78 is 11.3. The molecule has 0 spiro atoms. The van der Waals surface area contributed by atoms with Gasteiger partial charge in [0, 0.05) is 32.8 Å². The summed E-state index contributed by atoms with van der Waals surface area (Å²) >= 11 is 0. The zero-order valence-electron chi connectivity index (χ0n) is 10.4. The molecule has 4 heteroatoms. The smallest absolute Gasteiger partial charge is 0.0975 e. The highest BCUT2D eigenvalue weighted by Crippen LogP contribution is 2.22. The van der Waals surface area contributed by atoms with Gasteiger partial charge in [0.25, 0.3) is 0 Å². The van der Waals surface area contributed by atoms with Crippen LogP contribution >= 0.6 is 0 Å². The van der Waals surface area contributed by atoms with E-state index in [0.29, 0.717) is 0 Å². The lowest BCUT2D eigenvalue weighted by molar-refractivity contribution is -0.0233. The van der Waals surface area contributed by atoms with E-state index in [9.17, 15) is 0 Å². The van der Waals surface area contributed by atoms with E-state index in [2.05, 4.69) is 17.1 Å². The number of likely N-dealkylation sites (tertiary alicyclic amines) is 1. The molecule has 2 unspecified atom stereocenters. The van der Waals surface area contributed by atoms with Crippen molar-refractivity contribution in [3.63, 3.8) is 0 Å². The maximum Gasteiger partial charge on any atom is 0.0975 e. The molecule has 2 fully saturated rings. The molecule has 1 N–H and O–H groups in total. The van der Waals surface area contributed by atoms with Crippen molar-refractivity contribution in [1.29, 1.82) is 0 Å². The van der Waals surface area contributed by atoms with E-state index in [0.717, 1.165) is 38.8 Å². The van der Waals surface area contributed by atoms with Crippen molar-refractivity contribution < 1.29 is 9.47 Å². The third-order valence-corrected chi connectivity index (χ3v) is 3.75. The van der Waals surface area contributed by atoms with Crippen LogP contribution in [0.1, 0.15) is 19.8 Å². The Morgan fingerprint density at radius 3 is 2.50 bits per heavy atom. The van der Waals surface area contributed by atoms with Crippen molar-refractivity contribution in [2.24, 2.45) is 0 Å². The molecule has 0 aromatic heterocycles. The SMILES string of the molecule is CCOC1CN(C2CCNCC2)CC1OC. The number of rotatable bonds is 4. The maximum absolute atomic E-state index is 5.75. The summed E-state index contributed by atoms with van der Waals surface area (Å²) in [5.74, 6) is 0. The number of piperidine rings is 1. The van der Waals surface area contributed by atoms with Gasteiger partial charge in [-0.2, -0.15) is 0 Å². The Hall–Kier alpha value is -0.160. The molecular formula is C12H24N2O2. The van der Waals surface area contributed by atoms with Crippen molar-refractivity contribution in [3.05, 3.63) is 0 Å². The third kappa shape index (κ3) is 2.74. The van der Waals surface area contributed by atoms with Gasteiger partial charge in [-0.25, -0.2) is 0 Å². The van der Waals surface area contributed by atoms with E-state index in [1.165, 1.54) is 12.8 Å². The van der Waals surface area contributed by atoms with Crippen LogP contribution in [0.5, 0.6) is 0 Å². The summed E-state index contributed by atoms with van der Waals surface area (Å²) in [5, 5.41) is 3.41. The average molecular weight is 228 g/mol. The van der Waals surface area contributed by atoms with E-state index in [-0.39, 0.29) is 12.2 Å². The highest BCUT2D eigenvalue weighted by atomic mass is 16.5. The van der Waals surface area contributed by atoms with Crippen molar-refractivity contribution in [3.8, 4) is 0 Å². The van der Waals surface area contributed by atoms with Crippen molar-refractivity contribution in [2.45, 2.75) is 38.0 Å². The topological polar surface area (TPSA) is 33.7 Å². The Balaban J connectivity index is 1.87. The van der Waals surface area contributed by atoms with Gasteiger partial charge >= 0.3 is 0 Å². The predicted octanol–water partition coefficient (Wildman–Crippen LogP) is 0.474. The molecule has 0 amide bonds. The minimum absolute atomic E-state index is 0.259. The van der Waals surface area contributed by atoms with Crippen LogP contribution in [0.3, 0.4) is 0 Å². The van der Waals surface area contributed by atoms with Gasteiger partial charge in [-0.15, -0.1) is 0 Å². The lowest BCUT2D eigenvalue weighted by Gasteiger charge is -2.31. The summed E-state index contributed by atoms with van der Waals surface area (Å²) in [7, 11) is 1.79. The van der Waals surface area contributed by atoms with Crippen LogP contribution in [-0.4, -0.2) is 63.0 Å². The summed E-state index contributed by atoms with van der Waals surface area (Å²) in [6.45, 7) is 7.21. The van der Waals surface area contributed by atoms with Gasteiger partial charge in [0.15, 0.2) is 0 Å². The van der Waals surface area contributed by atoms with Gasteiger partial charge in [-0.1, -0.05) is 0 Å². The van der Waals surface area contributed by atoms with E-state index in [4.69, 9.17) is 9.47 Å². The molecule has 16 heavy (non-hydrogen) atoms. The van der Waals surface area contributed by atoms with Crippen LogP contribution < -0.4 is 5.32 Å². The van der Waals surface area contributed by atoms with Crippen molar-refractivity contribution in [2.75, 3.05) is 39.9 Å². The van der Waals surface area contributed by atoms with Crippen LogP contribution in [0.2, 0.25) is 0 Å². The molecule has 4 nitrogen and oxygen atoms in total. The summed E-state index contributed by atoms with van der Waals surface area (Å²) in [6, 6.07) is 0.726. The predicted molar refractivity (Wildman–Crippen MR) is 63.7 cm³/mol. The fraction of sp³-hybridized carbons (Fsp3) is 1.00. The Morgan fingerprint density at radius 2 is 1.88 bits per heavy atom. The van der Waals surface area contributed by atoms with Gasteiger partial charge in [-0.05, 0) is 32.9 Å². The number of nitrogens with one attached hydrogen (secondary N) is 1. The zero-order chi connectivity index (χ0) is 11.4. The quantitative estimate of drug-likeness (QED) is 0.758. The molecule has 2 aliphatic heterocycles. The normalized spacial score (nSPS) is 33.4. The van der Waals surface area contributed by atoms with Crippen LogP contribution in [0, 0.1) is 0 Å². The van der Waals surface area contributed by atoms with Gasteiger partial charge in [0.1, 0.15) is 0 Å². The molecule has 0 radical (unpaired) electrons. The molecule has 0 aromatic rings. The number of hydrogen-bond acceptors (Lipinski definition) is 4. The van der Waals surface area contributed by atoms with Crippen molar-refractivity contribution >= 4 is 0 Å². The van der Waals surface area contributed by atoms with Gasteiger partial charge in [0.05, 0.1) is 12.2 Å². The Labute approximate surface area is 98.3 Å². The van der Waals surface area contributed by atoms with Gasteiger partial charge in [0.2, 0.25) is 0 Å². The molecule has 2 atom stereocenters. The standard InChI is InChI=1S/C12H24N2O2/c1-3-16-12-9-14(8-11(12)15-2)10-4-6-13-7-5-10/h10-13H,3-9H2,1-2H3. The number of ether oxygens (including phenoxy) is 2. The fourth-order valence-corrected chi connectivity index (χ4v) is 2.84. The second-order valence-electron chi connectivity index (χ2n) is 4.70. The largest absolute Gasteiger partial charge is 0.377 e. The first-order valence-corrected chi connectivity index (χ1v) is 6.44. The molecule has 0 aromatic carbocycles. The van der Waals surface area contributed by atoms with Gasteiger partial charge in [-0.3, -0.25) is 4.90 Å². The third-order valence-electron chi connectivity index (χ3n) is 3.75. The second kappa shape index (κ2) is 5.96. The Morgan fingerprint density at radius 1 is 1.19 bits per heavy atom. The van der Waals surface area contributed by atoms with Crippen LogP contribution in [-0.2, 0) is 9.47 Å². The zero-order valence-corrected chi connectivity index (χ0v) is 10.4. The highest BCUT2D eigenvalue weighted by molar-refractivity contribution is 4.91. The van der Waals surface area contributed by atoms with Crippen LogP contribution in [0.15, 0.2) is 0 Å². The minimum Gasteiger partial charge on any atom is -0.377 e. The average Bonchev–Trinajstić information content (AvgIpc) is 2.74. The van der Waals surface area contributed by atoms with E-state index >= 15 is 0 Å². The molecule has 94 valence electrons. The molecule has 0 saturated carbocycles. The van der Waals surface area contributed by atoms with E-state index < -0.39 is 0 Å². The second-order valence-corrected chi connectivity index (χ2v) is 4.70. The number of hydrogen-bond donors (Lipinski definition) is 1. The lowest BCUT2D eigenvalue weighted by Crippen LogP contribution is -2.42. The molecule has 0 bridgehead atoms. The number of methoxy groups -OCH3 is 1.